The van der Waals surface area contributed by atoms with Crippen LogP contribution >= 0.6 is 0 Å². The van der Waals surface area contributed by atoms with E-state index in [4.69, 9.17) is 4.74 Å². The zero-order valence-corrected chi connectivity index (χ0v) is 14.9. The summed E-state index contributed by atoms with van der Waals surface area (Å²) >= 11 is 0. The average molecular weight is 345 g/mol. The van der Waals surface area contributed by atoms with Crippen LogP contribution in [0.1, 0.15) is 35.7 Å². The number of carbonyl (C=O) groups is 1. The van der Waals surface area contributed by atoms with E-state index in [1.807, 2.05) is 72.8 Å². The molecule has 0 fully saturated rings. The van der Waals surface area contributed by atoms with Crippen molar-refractivity contribution in [2.45, 2.75) is 26.2 Å². The Hall–Kier alpha value is -3.07. The molecule has 26 heavy (non-hydrogen) atoms. The number of unbranched alkanes of at least 4 members (excludes halogenated alkanes) is 1. The second-order valence-electron chi connectivity index (χ2n) is 6.14. The molecule has 1 N–H and O–H groups in total. The van der Waals surface area contributed by atoms with Crippen molar-refractivity contribution in [3.05, 3.63) is 90.0 Å². The van der Waals surface area contributed by atoms with Crippen molar-refractivity contribution in [2.24, 2.45) is 0 Å². The standard InChI is InChI=1S/C23H23NO2/c1-2-3-11-18-12-7-10-17-22(18)26-23(25)20-15-8-9-16-21(20)24-19-13-5-4-6-14-19/h4-10,12-17,24H,2-3,11H2,1H3. The quantitative estimate of drug-likeness (QED) is 0.422. The van der Waals surface area contributed by atoms with Gasteiger partial charge in [0.1, 0.15) is 5.75 Å². The van der Waals surface area contributed by atoms with E-state index >= 15 is 0 Å². The van der Waals surface area contributed by atoms with Gasteiger partial charge in [0.25, 0.3) is 0 Å². The van der Waals surface area contributed by atoms with Crippen LogP contribution in [0.15, 0.2) is 78.9 Å². The van der Waals surface area contributed by atoms with Crippen LogP contribution in [0.25, 0.3) is 0 Å². The minimum Gasteiger partial charge on any atom is -0.423 e. The summed E-state index contributed by atoms with van der Waals surface area (Å²) in [5.74, 6) is 0.286. The van der Waals surface area contributed by atoms with E-state index in [1.54, 1.807) is 6.07 Å². The lowest BCUT2D eigenvalue weighted by Crippen LogP contribution is -2.12. The molecule has 3 rings (SSSR count). The molecule has 0 atom stereocenters. The van der Waals surface area contributed by atoms with Crippen molar-refractivity contribution in [1.82, 2.24) is 0 Å². The number of benzene rings is 3. The fourth-order valence-corrected chi connectivity index (χ4v) is 2.78. The summed E-state index contributed by atoms with van der Waals surface area (Å²) in [4.78, 5) is 12.8. The number of anilines is 2. The maximum Gasteiger partial charge on any atom is 0.345 e. The van der Waals surface area contributed by atoms with Gasteiger partial charge in [0.05, 0.1) is 11.3 Å². The normalized spacial score (nSPS) is 10.3. The number of nitrogens with one attached hydrogen (secondary N) is 1. The predicted molar refractivity (Wildman–Crippen MR) is 106 cm³/mol. The molecule has 3 heteroatoms. The van der Waals surface area contributed by atoms with E-state index in [9.17, 15) is 4.79 Å². The van der Waals surface area contributed by atoms with E-state index in [-0.39, 0.29) is 5.97 Å². The van der Waals surface area contributed by atoms with E-state index in [0.29, 0.717) is 11.3 Å². The van der Waals surface area contributed by atoms with Gasteiger partial charge in [-0.05, 0) is 48.7 Å². The van der Waals surface area contributed by atoms with Crippen LogP contribution in [0.4, 0.5) is 11.4 Å². The molecule has 0 saturated carbocycles. The summed E-state index contributed by atoms with van der Waals surface area (Å²) in [7, 11) is 0. The van der Waals surface area contributed by atoms with Gasteiger partial charge in [-0.15, -0.1) is 0 Å². The van der Waals surface area contributed by atoms with Crippen LogP contribution in [0, 0.1) is 0 Å². The third-order valence-electron chi connectivity index (χ3n) is 4.17. The molecule has 132 valence electrons. The highest BCUT2D eigenvalue weighted by molar-refractivity contribution is 5.97. The monoisotopic (exact) mass is 345 g/mol. The number of hydrogen-bond donors (Lipinski definition) is 1. The largest absolute Gasteiger partial charge is 0.423 e. The molecule has 0 amide bonds. The molecule has 0 aliphatic heterocycles. The van der Waals surface area contributed by atoms with Crippen molar-refractivity contribution in [1.29, 1.82) is 0 Å². The zero-order valence-electron chi connectivity index (χ0n) is 14.9. The van der Waals surface area contributed by atoms with Crippen molar-refractivity contribution in [3.8, 4) is 5.75 Å². The maximum atomic E-state index is 12.8. The van der Waals surface area contributed by atoms with Gasteiger partial charge in [-0.3, -0.25) is 0 Å². The molecular weight excluding hydrogens is 322 g/mol. The first kappa shape index (κ1) is 17.7. The summed E-state index contributed by atoms with van der Waals surface area (Å²) in [6.07, 6.45) is 3.08. The number of carbonyl (C=O) groups excluding carboxylic acids is 1. The minimum atomic E-state index is -0.354. The van der Waals surface area contributed by atoms with Gasteiger partial charge in [-0.2, -0.15) is 0 Å². The third kappa shape index (κ3) is 4.51. The first-order valence-electron chi connectivity index (χ1n) is 8.99. The van der Waals surface area contributed by atoms with Crippen LogP contribution in [0.2, 0.25) is 0 Å². The Morgan fingerprint density at radius 2 is 1.58 bits per heavy atom. The Balaban J connectivity index is 1.81. The SMILES string of the molecule is CCCCc1ccccc1OC(=O)c1ccccc1Nc1ccccc1. The van der Waals surface area contributed by atoms with Crippen molar-refractivity contribution >= 4 is 17.3 Å². The van der Waals surface area contributed by atoms with Crippen LogP contribution in [-0.2, 0) is 6.42 Å². The molecule has 0 aliphatic rings. The van der Waals surface area contributed by atoms with Gasteiger partial charge in [0.15, 0.2) is 0 Å². The Labute approximate surface area is 154 Å². The molecule has 0 aliphatic carbocycles. The number of esters is 1. The van der Waals surface area contributed by atoms with Crippen LogP contribution in [0.3, 0.4) is 0 Å². The molecule has 0 spiro atoms. The van der Waals surface area contributed by atoms with Crippen LogP contribution < -0.4 is 10.1 Å². The molecule has 3 nitrogen and oxygen atoms in total. The van der Waals surface area contributed by atoms with Crippen molar-refractivity contribution in [3.63, 3.8) is 0 Å². The highest BCUT2D eigenvalue weighted by Crippen LogP contribution is 2.25. The number of aryl methyl sites for hydroxylation is 1. The number of ether oxygens (including phenoxy) is 1. The predicted octanol–water partition coefficient (Wildman–Crippen LogP) is 5.99. The Kier molecular flexibility index (Phi) is 6.05. The van der Waals surface area contributed by atoms with Gasteiger partial charge in [0.2, 0.25) is 0 Å². The molecule has 0 radical (unpaired) electrons. The van der Waals surface area contributed by atoms with Crippen molar-refractivity contribution in [2.75, 3.05) is 5.32 Å². The molecule has 3 aromatic rings. The zero-order chi connectivity index (χ0) is 18.2. The fraction of sp³-hybridized carbons (Fsp3) is 0.174. The Morgan fingerprint density at radius 1 is 0.885 bits per heavy atom. The second kappa shape index (κ2) is 8.86. The molecule has 0 heterocycles. The fourth-order valence-electron chi connectivity index (χ4n) is 2.78. The summed E-state index contributed by atoms with van der Waals surface area (Å²) in [5.41, 5.74) is 3.24. The average Bonchev–Trinajstić information content (AvgIpc) is 2.68. The lowest BCUT2D eigenvalue weighted by atomic mass is 10.1. The smallest absolute Gasteiger partial charge is 0.345 e. The third-order valence-corrected chi connectivity index (χ3v) is 4.17. The topological polar surface area (TPSA) is 38.3 Å². The highest BCUT2D eigenvalue weighted by atomic mass is 16.5. The van der Waals surface area contributed by atoms with Gasteiger partial charge < -0.3 is 10.1 Å². The molecule has 0 saturated heterocycles. The summed E-state index contributed by atoms with van der Waals surface area (Å²) in [6, 6.07) is 24.9. The lowest BCUT2D eigenvalue weighted by molar-refractivity contribution is 0.0734. The van der Waals surface area contributed by atoms with Crippen molar-refractivity contribution < 1.29 is 9.53 Å². The summed E-state index contributed by atoms with van der Waals surface area (Å²) < 4.78 is 5.73. The van der Waals surface area contributed by atoms with E-state index < -0.39 is 0 Å². The molecule has 0 bridgehead atoms. The van der Waals surface area contributed by atoms with Crippen LogP contribution in [-0.4, -0.2) is 5.97 Å². The molecule has 3 aromatic carbocycles. The molecule has 0 aromatic heterocycles. The number of hydrogen-bond acceptors (Lipinski definition) is 3. The Bertz CT molecular complexity index is 859. The van der Waals surface area contributed by atoms with Gasteiger partial charge in [-0.25, -0.2) is 4.79 Å². The first-order valence-corrected chi connectivity index (χ1v) is 8.99. The van der Waals surface area contributed by atoms with Crippen LogP contribution in [0.5, 0.6) is 5.75 Å². The summed E-state index contributed by atoms with van der Waals surface area (Å²) in [6.45, 7) is 2.15. The first-order chi connectivity index (χ1) is 12.8. The van der Waals surface area contributed by atoms with Gasteiger partial charge in [0, 0.05) is 5.69 Å². The maximum absolute atomic E-state index is 12.8. The van der Waals surface area contributed by atoms with E-state index in [0.717, 1.165) is 36.2 Å². The van der Waals surface area contributed by atoms with Gasteiger partial charge >= 0.3 is 5.97 Å². The second-order valence-corrected chi connectivity index (χ2v) is 6.14. The molecular formula is C23H23NO2. The molecule has 0 unspecified atom stereocenters. The Morgan fingerprint density at radius 3 is 2.38 bits per heavy atom. The number of para-hydroxylation sites is 3. The lowest BCUT2D eigenvalue weighted by Gasteiger charge is -2.13. The minimum absolute atomic E-state index is 0.354. The van der Waals surface area contributed by atoms with Gasteiger partial charge in [-0.1, -0.05) is 61.9 Å². The van der Waals surface area contributed by atoms with E-state index in [1.165, 1.54) is 0 Å². The summed E-state index contributed by atoms with van der Waals surface area (Å²) in [5, 5.41) is 3.29. The number of rotatable bonds is 7. The highest BCUT2D eigenvalue weighted by Gasteiger charge is 2.15. The van der Waals surface area contributed by atoms with E-state index in [2.05, 4.69) is 12.2 Å².